The Kier molecular flexibility index (Phi) is 4.99. The third-order valence-electron chi connectivity index (χ3n) is 4.22. The van der Waals surface area contributed by atoms with Crippen molar-refractivity contribution in [2.45, 2.75) is 13.5 Å². The second kappa shape index (κ2) is 7.74. The van der Waals surface area contributed by atoms with E-state index in [1.807, 2.05) is 37.3 Å². The first kappa shape index (κ1) is 18.1. The minimum absolute atomic E-state index is 0.265. The van der Waals surface area contributed by atoms with Crippen LogP contribution in [0.3, 0.4) is 0 Å². The summed E-state index contributed by atoms with van der Waals surface area (Å²) in [6.45, 7) is 2.52. The second-order valence-electron chi connectivity index (χ2n) is 6.30. The standard InChI is InChI=1S/C21H17FN4OS/c1-14-19(16-7-9-18(22)10-8-16)24-21(28-14)25-20(27)17-11-23-26(13-17)12-15-5-3-2-4-6-15/h2-11,13H,12H2,1H3,(H,24,25,27). The topological polar surface area (TPSA) is 59.8 Å². The van der Waals surface area contributed by atoms with Crippen molar-refractivity contribution in [1.82, 2.24) is 14.8 Å². The van der Waals surface area contributed by atoms with Crippen LogP contribution in [0.15, 0.2) is 67.0 Å². The molecule has 28 heavy (non-hydrogen) atoms. The number of carbonyl (C=O) groups excluding carboxylic acids is 1. The molecule has 4 aromatic rings. The zero-order valence-corrected chi connectivity index (χ0v) is 15.9. The number of nitrogens with one attached hydrogen (secondary N) is 1. The van der Waals surface area contributed by atoms with Crippen LogP contribution in [-0.4, -0.2) is 20.7 Å². The molecule has 2 aromatic heterocycles. The Bertz CT molecular complexity index is 1100. The average Bonchev–Trinajstić information content (AvgIpc) is 3.30. The lowest BCUT2D eigenvalue weighted by Gasteiger charge is -2.01. The van der Waals surface area contributed by atoms with Gasteiger partial charge in [-0.15, -0.1) is 11.3 Å². The number of benzene rings is 2. The molecule has 2 heterocycles. The molecule has 0 unspecified atom stereocenters. The Balaban J connectivity index is 1.47. The fraction of sp³-hybridized carbons (Fsp3) is 0.0952. The highest BCUT2D eigenvalue weighted by molar-refractivity contribution is 7.16. The van der Waals surface area contributed by atoms with Crippen molar-refractivity contribution >= 4 is 22.4 Å². The molecule has 0 spiro atoms. The van der Waals surface area contributed by atoms with Crippen molar-refractivity contribution in [1.29, 1.82) is 0 Å². The summed E-state index contributed by atoms with van der Waals surface area (Å²) < 4.78 is 14.8. The van der Waals surface area contributed by atoms with E-state index in [-0.39, 0.29) is 11.7 Å². The average molecular weight is 392 g/mol. The molecule has 0 bridgehead atoms. The monoisotopic (exact) mass is 392 g/mol. The number of anilines is 1. The van der Waals surface area contributed by atoms with Crippen LogP contribution in [-0.2, 0) is 6.54 Å². The molecule has 0 radical (unpaired) electrons. The summed E-state index contributed by atoms with van der Waals surface area (Å²) >= 11 is 1.38. The molecule has 0 saturated carbocycles. The third kappa shape index (κ3) is 3.99. The van der Waals surface area contributed by atoms with E-state index in [2.05, 4.69) is 15.4 Å². The van der Waals surface area contributed by atoms with Gasteiger partial charge in [-0.05, 0) is 36.8 Å². The van der Waals surface area contributed by atoms with Crippen molar-refractivity contribution in [3.8, 4) is 11.3 Å². The number of nitrogens with zero attached hydrogens (tertiary/aromatic N) is 3. The Labute approximate surface area is 165 Å². The first-order valence-electron chi connectivity index (χ1n) is 8.69. The molecule has 1 N–H and O–H groups in total. The summed E-state index contributed by atoms with van der Waals surface area (Å²) in [5, 5.41) is 7.57. The maximum absolute atomic E-state index is 13.1. The smallest absolute Gasteiger partial charge is 0.260 e. The largest absolute Gasteiger partial charge is 0.298 e. The molecule has 0 atom stereocenters. The minimum atomic E-state index is -0.294. The van der Waals surface area contributed by atoms with Gasteiger partial charge in [-0.25, -0.2) is 9.37 Å². The van der Waals surface area contributed by atoms with Gasteiger partial charge in [-0.1, -0.05) is 30.3 Å². The molecular formula is C21H17FN4OS. The highest BCUT2D eigenvalue weighted by atomic mass is 32.1. The van der Waals surface area contributed by atoms with Crippen molar-refractivity contribution in [2.24, 2.45) is 0 Å². The summed E-state index contributed by atoms with van der Waals surface area (Å²) in [6, 6.07) is 16.1. The second-order valence-corrected chi connectivity index (χ2v) is 7.50. The van der Waals surface area contributed by atoms with Crippen molar-refractivity contribution in [3.05, 3.63) is 88.8 Å². The van der Waals surface area contributed by atoms with Gasteiger partial charge in [0.05, 0.1) is 24.0 Å². The normalized spacial score (nSPS) is 10.8. The van der Waals surface area contributed by atoms with Gasteiger partial charge in [0.1, 0.15) is 5.82 Å². The highest BCUT2D eigenvalue weighted by Gasteiger charge is 2.14. The molecule has 0 aliphatic carbocycles. The van der Waals surface area contributed by atoms with Crippen LogP contribution in [0.4, 0.5) is 9.52 Å². The molecule has 7 heteroatoms. The van der Waals surface area contributed by atoms with Crippen LogP contribution in [0.25, 0.3) is 11.3 Å². The summed E-state index contributed by atoms with van der Waals surface area (Å²) in [4.78, 5) is 18.0. The Morgan fingerprint density at radius 2 is 1.89 bits per heavy atom. The van der Waals surface area contributed by atoms with Gasteiger partial charge in [0, 0.05) is 16.6 Å². The van der Waals surface area contributed by atoms with Crippen LogP contribution in [0.2, 0.25) is 0 Å². The molecule has 140 valence electrons. The van der Waals surface area contributed by atoms with Crippen molar-refractivity contribution < 1.29 is 9.18 Å². The third-order valence-corrected chi connectivity index (χ3v) is 5.10. The van der Waals surface area contributed by atoms with Gasteiger partial charge in [0.25, 0.3) is 5.91 Å². The van der Waals surface area contributed by atoms with E-state index in [1.165, 1.54) is 23.5 Å². The van der Waals surface area contributed by atoms with E-state index in [4.69, 9.17) is 0 Å². The molecule has 0 aliphatic heterocycles. The van der Waals surface area contributed by atoms with E-state index in [0.29, 0.717) is 17.2 Å². The lowest BCUT2D eigenvalue weighted by molar-refractivity contribution is 0.102. The summed E-state index contributed by atoms with van der Waals surface area (Å²) in [5.74, 6) is -0.559. The van der Waals surface area contributed by atoms with Crippen LogP contribution < -0.4 is 5.32 Å². The number of rotatable bonds is 5. The number of amides is 1. The van der Waals surface area contributed by atoms with Gasteiger partial charge in [0.15, 0.2) is 5.13 Å². The first-order chi connectivity index (χ1) is 13.6. The Morgan fingerprint density at radius 1 is 1.14 bits per heavy atom. The number of hydrogen-bond donors (Lipinski definition) is 1. The Morgan fingerprint density at radius 3 is 2.64 bits per heavy atom. The number of halogens is 1. The van der Waals surface area contributed by atoms with Crippen molar-refractivity contribution in [3.63, 3.8) is 0 Å². The van der Waals surface area contributed by atoms with E-state index >= 15 is 0 Å². The lowest BCUT2D eigenvalue weighted by Crippen LogP contribution is -2.11. The molecule has 0 fully saturated rings. The van der Waals surface area contributed by atoms with Gasteiger partial charge in [-0.3, -0.25) is 14.8 Å². The summed E-state index contributed by atoms with van der Waals surface area (Å²) in [6.07, 6.45) is 3.25. The van der Waals surface area contributed by atoms with Crippen LogP contribution in [0.1, 0.15) is 20.8 Å². The molecular weight excluding hydrogens is 375 g/mol. The van der Waals surface area contributed by atoms with Gasteiger partial charge >= 0.3 is 0 Å². The fourth-order valence-corrected chi connectivity index (χ4v) is 3.66. The van der Waals surface area contributed by atoms with Gasteiger partial charge < -0.3 is 0 Å². The number of carbonyl (C=O) groups is 1. The van der Waals surface area contributed by atoms with Gasteiger partial charge in [-0.2, -0.15) is 5.10 Å². The number of aryl methyl sites for hydroxylation is 1. The predicted molar refractivity (Wildman–Crippen MR) is 108 cm³/mol. The summed E-state index contributed by atoms with van der Waals surface area (Å²) in [7, 11) is 0. The van der Waals surface area contributed by atoms with E-state index in [0.717, 1.165) is 21.7 Å². The van der Waals surface area contributed by atoms with Crippen LogP contribution in [0.5, 0.6) is 0 Å². The fourth-order valence-electron chi connectivity index (χ4n) is 2.83. The first-order valence-corrected chi connectivity index (χ1v) is 9.51. The zero-order valence-electron chi connectivity index (χ0n) is 15.1. The van der Waals surface area contributed by atoms with E-state index < -0.39 is 0 Å². The summed E-state index contributed by atoms with van der Waals surface area (Å²) in [5.41, 5.74) is 3.12. The number of thiazole rings is 1. The molecule has 0 aliphatic rings. The maximum atomic E-state index is 13.1. The van der Waals surface area contributed by atoms with Crippen molar-refractivity contribution in [2.75, 3.05) is 5.32 Å². The molecule has 5 nitrogen and oxygen atoms in total. The van der Waals surface area contributed by atoms with E-state index in [1.54, 1.807) is 29.2 Å². The Hall–Kier alpha value is -3.32. The number of hydrogen-bond acceptors (Lipinski definition) is 4. The predicted octanol–water partition coefficient (Wildman–Crippen LogP) is 4.75. The highest BCUT2D eigenvalue weighted by Crippen LogP contribution is 2.30. The minimum Gasteiger partial charge on any atom is -0.298 e. The molecule has 1 amide bonds. The van der Waals surface area contributed by atoms with Gasteiger partial charge in [0.2, 0.25) is 0 Å². The van der Waals surface area contributed by atoms with E-state index in [9.17, 15) is 9.18 Å². The molecule has 2 aromatic carbocycles. The SMILES string of the molecule is Cc1sc(NC(=O)c2cnn(Cc3ccccc3)c2)nc1-c1ccc(F)cc1. The molecule has 4 rings (SSSR count). The lowest BCUT2D eigenvalue weighted by atomic mass is 10.1. The quantitative estimate of drug-likeness (QED) is 0.533. The number of aromatic nitrogens is 3. The molecule has 0 saturated heterocycles. The van der Waals surface area contributed by atoms with Crippen LogP contribution >= 0.6 is 11.3 Å². The zero-order chi connectivity index (χ0) is 19.5. The maximum Gasteiger partial charge on any atom is 0.260 e. The van der Waals surface area contributed by atoms with Crippen LogP contribution in [0, 0.1) is 12.7 Å².